The second kappa shape index (κ2) is 9.67. The van der Waals surface area contributed by atoms with Crippen molar-refractivity contribution in [2.24, 2.45) is 0 Å². The lowest BCUT2D eigenvalue weighted by atomic mass is 10.2. The van der Waals surface area contributed by atoms with Crippen LogP contribution in [0.2, 0.25) is 0 Å². The summed E-state index contributed by atoms with van der Waals surface area (Å²) in [5.41, 5.74) is 1.21. The molecule has 1 heterocycles. The first kappa shape index (κ1) is 21.7. The van der Waals surface area contributed by atoms with Crippen LogP contribution in [-0.4, -0.2) is 4.98 Å². The summed E-state index contributed by atoms with van der Waals surface area (Å²) in [6.07, 6.45) is 0.953. The van der Waals surface area contributed by atoms with Gasteiger partial charge in [0.2, 0.25) is 0 Å². The summed E-state index contributed by atoms with van der Waals surface area (Å²) in [6, 6.07) is 33.1. The van der Waals surface area contributed by atoms with Crippen LogP contribution in [0.4, 0.5) is 0 Å². The molecule has 29 heavy (non-hydrogen) atoms. The maximum Gasteiger partial charge on any atom is 0.118 e. The number of hydrogen-bond donors (Lipinski definition) is 0. The molecular weight excluding hydrogens is 413 g/mol. The summed E-state index contributed by atoms with van der Waals surface area (Å²) in [7, 11) is -1.85. The van der Waals surface area contributed by atoms with Gasteiger partial charge in [0, 0.05) is 11.3 Å². The third kappa shape index (κ3) is 4.46. The van der Waals surface area contributed by atoms with Crippen molar-refractivity contribution in [1.29, 1.82) is 0 Å². The summed E-state index contributed by atoms with van der Waals surface area (Å²) in [6.45, 7) is 4.44. The molecule has 0 fully saturated rings. The molecule has 0 radical (unpaired) electrons. The van der Waals surface area contributed by atoms with Crippen molar-refractivity contribution in [1.82, 2.24) is 4.98 Å². The molecule has 0 saturated heterocycles. The Morgan fingerprint density at radius 2 is 1.14 bits per heavy atom. The highest BCUT2D eigenvalue weighted by Crippen LogP contribution is 2.58. The quantitative estimate of drug-likeness (QED) is 0.423. The Morgan fingerprint density at radius 1 is 0.724 bits per heavy atom. The van der Waals surface area contributed by atoms with E-state index in [0.717, 1.165) is 6.16 Å². The Labute approximate surface area is 184 Å². The van der Waals surface area contributed by atoms with Gasteiger partial charge in [-0.3, -0.25) is 0 Å². The summed E-state index contributed by atoms with van der Waals surface area (Å²) < 4.78 is 0. The lowest BCUT2D eigenvalue weighted by Crippen LogP contribution is -3.00. The van der Waals surface area contributed by atoms with Crippen LogP contribution in [0, 0.1) is 0 Å². The van der Waals surface area contributed by atoms with Crippen LogP contribution in [-0.2, 0) is 6.16 Å². The molecule has 4 aromatic rings. The van der Waals surface area contributed by atoms with Crippen LogP contribution in [0.15, 0.2) is 96.4 Å². The molecule has 4 rings (SSSR count). The minimum atomic E-state index is -1.85. The number of thiazole rings is 1. The van der Waals surface area contributed by atoms with Crippen LogP contribution in [0.1, 0.15) is 30.5 Å². The lowest BCUT2D eigenvalue weighted by Gasteiger charge is -2.27. The van der Waals surface area contributed by atoms with Crippen molar-refractivity contribution >= 4 is 34.5 Å². The van der Waals surface area contributed by atoms with Crippen molar-refractivity contribution in [3.05, 3.63) is 107 Å². The van der Waals surface area contributed by atoms with Gasteiger partial charge in [0.25, 0.3) is 0 Å². The topological polar surface area (TPSA) is 12.9 Å². The highest BCUT2D eigenvalue weighted by atomic mass is 35.5. The molecule has 4 heteroatoms. The third-order valence-electron chi connectivity index (χ3n) is 5.05. The zero-order chi connectivity index (χ0) is 19.4. The first-order chi connectivity index (χ1) is 13.7. The highest BCUT2D eigenvalue weighted by molar-refractivity contribution is 7.95. The van der Waals surface area contributed by atoms with Crippen LogP contribution in [0.5, 0.6) is 0 Å². The average Bonchev–Trinajstić information content (AvgIpc) is 3.23. The van der Waals surface area contributed by atoms with E-state index < -0.39 is 7.26 Å². The second-order valence-corrected chi connectivity index (χ2v) is 11.7. The van der Waals surface area contributed by atoms with Crippen molar-refractivity contribution in [3.63, 3.8) is 0 Å². The largest absolute Gasteiger partial charge is 1.00 e. The molecule has 1 aromatic heterocycles. The number of benzene rings is 3. The molecule has 0 spiro atoms. The maximum absolute atomic E-state index is 5.02. The van der Waals surface area contributed by atoms with E-state index in [1.807, 2.05) is 0 Å². The van der Waals surface area contributed by atoms with Gasteiger partial charge >= 0.3 is 0 Å². The van der Waals surface area contributed by atoms with Crippen LogP contribution in [0.3, 0.4) is 0 Å². The average molecular weight is 438 g/mol. The fraction of sp³-hybridized carbons (Fsp3) is 0.160. The van der Waals surface area contributed by atoms with Gasteiger partial charge in [-0.05, 0) is 36.4 Å². The predicted octanol–water partition coefficient (Wildman–Crippen LogP) is 2.76. The molecule has 0 unspecified atom stereocenters. The first-order valence-corrected chi connectivity index (χ1v) is 12.5. The second-order valence-electron chi connectivity index (χ2n) is 7.31. The number of halogens is 1. The molecule has 0 aliphatic heterocycles. The number of nitrogens with zero attached hydrogens (tertiary/aromatic N) is 1. The summed E-state index contributed by atoms with van der Waals surface area (Å²) in [5.74, 6) is 0.469. The Bertz CT molecular complexity index is 920. The molecule has 0 amide bonds. The predicted molar refractivity (Wildman–Crippen MR) is 125 cm³/mol. The van der Waals surface area contributed by atoms with Crippen LogP contribution in [0.25, 0.3) is 0 Å². The monoisotopic (exact) mass is 437 g/mol. The van der Waals surface area contributed by atoms with Gasteiger partial charge in [0.15, 0.2) is 0 Å². The Kier molecular flexibility index (Phi) is 7.24. The van der Waals surface area contributed by atoms with Gasteiger partial charge in [-0.1, -0.05) is 68.4 Å². The normalized spacial score (nSPS) is 11.3. The smallest absolute Gasteiger partial charge is 0.118 e. The number of rotatable bonds is 6. The standard InChI is InChI=1S/C25H25NPS.ClH/c1-20(2)25-26-21(19-28-25)18-27(22-12-6-3-7-13-22,23-14-8-4-9-15-23)24-16-10-5-11-17-24;/h3-17,19-20H,18H2,1-2H3;1H/q+1;/p-1. The van der Waals surface area contributed by atoms with Gasteiger partial charge in [-0.15, -0.1) is 11.3 Å². The van der Waals surface area contributed by atoms with Gasteiger partial charge in [0.05, 0.1) is 10.7 Å². The fourth-order valence-electron chi connectivity index (χ4n) is 3.67. The number of hydrogen-bond acceptors (Lipinski definition) is 2. The Hall–Kier alpha value is -1.99. The molecule has 3 aromatic carbocycles. The minimum absolute atomic E-state index is 0. The molecule has 0 atom stereocenters. The molecule has 0 N–H and O–H groups in total. The molecule has 148 valence electrons. The zero-order valence-corrected chi connectivity index (χ0v) is 19.2. The fourth-order valence-corrected chi connectivity index (χ4v) is 8.76. The molecule has 1 nitrogen and oxygen atoms in total. The van der Waals surface area contributed by atoms with Crippen LogP contribution >= 0.6 is 18.6 Å². The maximum atomic E-state index is 5.02. The van der Waals surface area contributed by atoms with E-state index in [9.17, 15) is 0 Å². The van der Waals surface area contributed by atoms with E-state index in [1.54, 1.807) is 11.3 Å². The van der Waals surface area contributed by atoms with Crippen molar-refractivity contribution in [3.8, 4) is 0 Å². The third-order valence-corrected chi connectivity index (χ3v) is 10.6. The molecule has 0 aliphatic carbocycles. The van der Waals surface area contributed by atoms with Gasteiger partial charge in [-0.2, -0.15) is 0 Å². The van der Waals surface area contributed by atoms with E-state index in [0.29, 0.717) is 5.92 Å². The van der Waals surface area contributed by atoms with Crippen molar-refractivity contribution in [2.45, 2.75) is 25.9 Å². The SMILES string of the molecule is CC(C)c1nc(C[P+](c2ccccc2)(c2ccccc2)c2ccccc2)cs1.[Cl-]. The molecule has 0 aliphatic rings. The van der Waals surface area contributed by atoms with E-state index in [1.165, 1.54) is 26.6 Å². The van der Waals surface area contributed by atoms with Gasteiger partial charge in [-0.25, -0.2) is 4.98 Å². The first-order valence-electron chi connectivity index (χ1n) is 9.69. The van der Waals surface area contributed by atoms with Crippen molar-refractivity contribution < 1.29 is 12.4 Å². The van der Waals surface area contributed by atoms with E-state index in [2.05, 4.69) is 110 Å². The van der Waals surface area contributed by atoms with E-state index in [-0.39, 0.29) is 12.4 Å². The van der Waals surface area contributed by atoms with E-state index in [4.69, 9.17) is 4.98 Å². The van der Waals surface area contributed by atoms with Crippen LogP contribution < -0.4 is 28.3 Å². The molecule has 0 saturated carbocycles. The van der Waals surface area contributed by atoms with Crippen molar-refractivity contribution in [2.75, 3.05) is 0 Å². The lowest BCUT2D eigenvalue weighted by molar-refractivity contribution is -0.00000565. The van der Waals surface area contributed by atoms with E-state index >= 15 is 0 Å². The highest BCUT2D eigenvalue weighted by Gasteiger charge is 2.45. The summed E-state index contributed by atoms with van der Waals surface area (Å²) in [5, 5.41) is 7.71. The van der Waals surface area contributed by atoms with Gasteiger partial charge < -0.3 is 12.4 Å². The van der Waals surface area contributed by atoms with Gasteiger partial charge in [0.1, 0.15) is 29.3 Å². The summed E-state index contributed by atoms with van der Waals surface area (Å²) >= 11 is 1.79. The minimum Gasteiger partial charge on any atom is -1.00 e. The Balaban J connectivity index is 0.00000240. The summed E-state index contributed by atoms with van der Waals surface area (Å²) in [4.78, 5) is 5.02. The zero-order valence-electron chi connectivity index (χ0n) is 16.7. The molecule has 0 bridgehead atoms. The number of aromatic nitrogens is 1. The molecular formula is C25H25ClNPS. The Morgan fingerprint density at radius 3 is 1.48 bits per heavy atom.